The van der Waals surface area contributed by atoms with Crippen LogP contribution in [0.15, 0.2) is 18.2 Å². The predicted octanol–water partition coefficient (Wildman–Crippen LogP) is 1.93. The highest BCUT2D eigenvalue weighted by Crippen LogP contribution is 2.15. The van der Waals surface area contributed by atoms with Crippen molar-refractivity contribution in [1.82, 2.24) is 9.80 Å². The van der Waals surface area contributed by atoms with Crippen LogP contribution in [-0.2, 0) is 4.79 Å². The molecule has 116 valence electrons. The number of amides is 1. The van der Waals surface area contributed by atoms with Gasteiger partial charge in [-0.05, 0) is 18.7 Å². The first kappa shape index (κ1) is 15.9. The summed E-state index contributed by atoms with van der Waals surface area (Å²) in [7, 11) is 0. The van der Waals surface area contributed by atoms with Gasteiger partial charge in [0.25, 0.3) is 0 Å². The Morgan fingerprint density at radius 1 is 1.19 bits per heavy atom. The smallest absolute Gasteiger partial charge is 0.225 e. The molecule has 0 bridgehead atoms. The van der Waals surface area contributed by atoms with E-state index in [1.165, 1.54) is 6.07 Å². The lowest BCUT2D eigenvalue weighted by atomic mass is 10.2. The van der Waals surface area contributed by atoms with E-state index >= 15 is 0 Å². The van der Waals surface area contributed by atoms with E-state index in [2.05, 4.69) is 22.0 Å². The SMILES string of the molecule is CCN1CCN(CCC(=O)Nc2ccc(F)cc2F)CC1. The fraction of sp³-hybridized carbons (Fsp3) is 0.533. The molecule has 4 nitrogen and oxygen atoms in total. The number of rotatable bonds is 5. The molecule has 6 heteroatoms. The Hall–Kier alpha value is -1.53. The van der Waals surface area contributed by atoms with Crippen molar-refractivity contribution in [2.24, 2.45) is 0 Å². The zero-order chi connectivity index (χ0) is 15.2. The van der Waals surface area contributed by atoms with Crippen LogP contribution in [0, 0.1) is 11.6 Å². The summed E-state index contributed by atoms with van der Waals surface area (Å²) in [5.41, 5.74) is 0.0252. The van der Waals surface area contributed by atoms with Gasteiger partial charge in [0.1, 0.15) is 11.6 Å². The van der Waals surface area contributed by atoms with Crippen molar-refractivity contribution in [3.05, 3.63) is 29.8 Å². The summed E-state index contributed by atoms with van der Waals surface area (Å²) in [5, 5.41) is 2.48. The minimum absolute atomic E-state index is 0.0252. The summed E-state index contributed by atoms with van der Waals surface area (Å²) >= 11 is 0. The summed E-state index contributed by atoms with van der Waals surface area (Å²) in [6, 6.07) is 3.13. The van der Waals surface area contributed by atoms with Crippen molar-refractivity contribution >= 4 is 11.6 Å². The molecular weight excluding hydrogens is 276 g/mol. The summed E-state index contributed by atoms with van der Waals surface area (Å²) in [6.07, 6.45) is 0.308. The molecule has 1 saturated heterocycles. The van der Waals surface area contributed by atoms with Crippen LogP contribution < -0.4 is 5.32 Å². The minimum atomic E-state index is -0.750. The van der Waals surface area contributed by atoms with Gasteiger partial charge in [0, 0.05) is 45.2 Å². The molecule has 1 N–H and O–H groups in total. The van der Waals surface area contributed by atoms with Gasteiger partial charge in [-0.3, -0.25) is 4.79 Å². The lowest BCUT2D eigenvalue weighted by Gasteiger charge is -2.33. The number of nitrogens with one attached hydrogen (secondary N) is 1. The number of benzene rings is 1. The van der Waals surface area contributed by atoms with Crippen LogP contribution in [0.5, 0.6) is 0 Å². The van der Waals surface area contributed by atoms with E-state index in [-0.39, 0.29) is 11.6 Å². The number of carbonyl (C=O) groups is 1. The van der Waals surface area contributed by atoms with Gasteiger partial charge in [-0.25, -0.2) is 8.78 Å². The zero-order valence-electron chi connectivity index (χ0n) is 12.2. The van der Waals surface area contributed by atoms with Crippen molar-refractivity contribution in [3.8, 4) is 0 Å². The van der Waals surface area contributed by atoms with E-state index in [1.54, 1.807) is 0 Å². The second-order valence-electron chi connectivity index (χ2n) is 5.20. The molecule has 1 aromatic carbocycles. The first-order valence-corrected chi connectivity index (χ1v) is 7.28. The van der Waals surface area contributed by atoms with Gasteiger partial charge in [0.05, 0.1) is 5.69 Å². The summed E-state index contributed by atoms with van der Waals surface area (Å²) in [4.78, 5) is 16.4. The van der Waals surface area contributed by atoms with E-state index in [1.807, 2.05) is 0 Å². The Morgan fingerprint density at radius 2 is 1.86 bits per heavy atom. The van der Waals surface area contributed by atoms with Crippen LogP contribution in [0.1, 0.15) is 13.3 Å². The second kappa shape index (κ2) is 7.47. The zero-order valence-corrected chi connectivity index (χ0v) is 12.2. The van der Waals surface area contributed by atoms with Gasteiger partial charge in [-0.2, -0.15) is 0 Å². The molecule has 0 aliphatic carbocycles. The van der Waals surface area contributed by atoms with Crippen LogP contribution in [0.4, 0.5) is 14.5 Å². The largest absolute Gasteiger partial charge is 0.324 e. The maximum Gasteiger partial charge on any atom is 0.225 e. The highest BCUT2D eigenvalue weighted by Gasteiger charge is 2.16. The molecule has 1 aliphatic rings. The Morgan fingerprint density at radius 3 is 2.48 bits per heavy atom. The van der Waals surface area contributed by atoms with E-state index < -0.39 is 11.6 Å². The van der Waals surface area contributed by atoms with Crippen LogP contribution in [-0.4, -0.2) is 55.0 Å². The highest BCUT2D eigenvalue weighted by molar-refractivity contribution is 5.90. The van der Waals surface area contributed by atoms with Crippen LogP contribution in [0.2, 0.25) is 0 Å². The summed E-state index contributed by atoms with van der Waals surface area (Å²) in [5.74, 6) is -1.65. The van der Waals surface area contributed by atoms with E-state index in [4.69, 9.17) is 0 Å². The Bertz CT molecular complexity index is 488. The molecule has 0 spiro atoms. The quantitative estimate of drug-likeness (QED) is 0.902. The molecular formula is C15H21F2N3O. The van der Waals surface area contributed by atoms with E-state index in [0.717, 1.165) is 44.9 Å². The second-order valence-corrected chi connectivity index (χ2v) is 5.20. The lowest BCUT2D eigenvalue weighted by Crippen LogP contribution is -2.46. The minimum Gasteiger partial charge on any atom is -0.324 e. The normalized spacial score (nSPS) is 16.9. The Labute approximate surface area is 123 Å². The third-order valence-corrected chi connectivity index (χ3v) is 3.77. The molecule has 0 aromatic heterocycles. The molecule has 1 fully saturated rings. The molecule has 2 rings (SSSR count). The number of nitrogens with zero attached hydrogens (tertiary/aromatic N) is 2. The Balaban J connectivity index is 1.75. The van der Waals surface area contributed by atoms with Gasteiger partial charge < -0.3 is 15.1 Å². The first-order valence-electron chi connectivity index (χ1n) is 7.28. The monoisotopic (exact) mass is 297 g/mol. The standard InChI is InChI=1S/C15H21F2N3O/c1-2-19-7-9-20(10-8-19)6-5-15(21)18-14-4-3-12(16)11-13(14)17/h3-4,11H,2,5-10H2,1H3,(H,18,21). The number of piperazine rings is 1. The number of anilines is 1. The fourth-order valence-corrected chi connectivity index (χ4v) is 2.39. The average molecular weight is 297 g/mol. The van der Waals surface area contributed by atoms with Crippen molar-refractivity contribution in [3.63, 3.8) is 0 Å². The molecule has 0 radical (unpaired) electrons. The molecule has 0 saturated carbocycles. The third-order valence-electron chi connectivity index (χ3n) is 3.77. The topological polar surface area (TPSA) is 35.6 Å². The number of carbonyl (C=O) groups excluding carboxylic acids is 1. The fourth-order valence-electron chi connectivity index (χ4n) is 2.39. The van der Waals surface area contributed by atoms with Gasteiger partial charge in [0.2, 0.25) is 5.91 Å². The van der Waals surface area contributed by atoms with Crippen molar-refractivity contribution < 1.29 is 13.6 Å². The van der Waals surface area contributed by atoms with Gasteiger partial charge >= 0.3 is 0 Å². The maximum absolute atomic E-state index is 13.4. The highest BCUT2D eigenvalue weighted by atomic mass is 19.1. The molecule has 1 heterocycles. The molecule has 21 heavy (non-hydrogen) atoms. The molecule has 0 unspecified atom stereocenters. The number of hydrogen-bond donors (Lipinski definition) is 1. The van der Waals surface area contributed by atoms with Crippen molar-refractivity contribution in [1.29, 1.82) is 0 Å². The van der Waals surface area contributed by atoms with E-state index in [0.29, 0.717) is 13.0 Å². The van der Waals surface area contributed by atoms with Gasteiger partial charge in [-0.15, -0.1) is 0 Å². The average Bonchev–Trinajstić information content (AvgIpc) is 2.48. The molecule has 1 aliphatic heterocycles. The molecule has 1 amide bonds. The van der Waals surface area contributed by atoms with Crippen LogP contribution >= 0.6 is 0 Å². The Kier molecular flexibility index (Phi) is 5.64. The number of likely N-dealkylation sites (N-methyl/N-ethyl adjacent to an activating group) is 1. The maximum atomic E-state index is 13.4. The van der Waals surface area contributed by atoms with Gasteiger partial charge in [-0.1, -0.05) is 6.92 Å². The molecule has 1 aromatic rings. The number of halogens is 2. The summed E-state index contributed by atoms with van der Waals surface area (Å²) < 4.78 is 26.2. The molecule has 0 atom stereocenters. The van der Waals surface area contributed by atoms with Crippen molar-refractivity contribution in [2.45, 2.75) is 13.3 Å². The lowest BCUT2D eigenvalue weighted by molar-refractivity contribution is -0.116. The third kappa shape index (κ3) is 4.75. The predicted molar refractivity (Wildman–Crippen MR) is 78.2 cm³/mol. The van der Waals surface area contributed by atoms with Crippen LogP contribution in [0.3, 0.4) is 0 Å². The summed E-state index contributed by atoms with van der Waals surface area (Å²) in [6.45, 7) is 7.79. The van der Waals surface area contributed by atoms with Crippen molar-refractivity contribution in [2.75, 3.05) is 44.6 Å². The first-order chi connectivity index (χ1) is 10.1. The van der Waals surface area contributed by atoms with Crippen LogP contribution in [0.25, 0.3) is 0 Å². The van der Waals surface area contributed by atoms with E-state index in [9.17, 15) is 13.6 Å². The van der Waals surface area contributed by atoms with Gasteiger partial charge in [0.15, 0.2) is 0 Å². The number of hydrogen-bond acceptors (Lipinski definition) is 3.